The lowest BCUT2D eigenvalue weighted by Crippen LogP contribution is -2.75. The molecule has 3 N–H and O–H groups in total. The van der Waals surface area contributed by atoms with Gasteiger partial charge >= 0.3 is 0 Å². The molecule has 5 heteroatoms. The summed E-state index contributed by atoms with van der Waals surface area (Å²) in [5, 5.41) is 3.00. The van der Waals surface area contributed by atoms with Crippen LogP contribution in [0.2, 0.25) is 0 Å². The van der Waals surface area contributed by atoms with Gasteiger partial charge in [0.15, 0.2) is 0 Å². The Bertz CT molecular complexity index is 849. The molecule has 28 heavy (non-hydrogen) atoms. The Hall–Kier alpha value is -2.37. The van der Waals surface area contributed by atoms with E-state index in [0.717, 1.165) is 22.6 Å². The first-order valence-electron chi connectivity index (χ1n) is 9.79. The Labute approximate surface area is 167 Å². The topological polar surface area (TPSA) is 73.6 Å². The molecule has 0 bridgehead atoms. The number of rotatable bonds is 7. The van der Waals surface area contributed by atoms with Crippen LogP contribution in [0, 0.1) is 12.3 Å². The minimum atomic E-state index is -0.932. The lowest BCUT2D eigenvalue weighted by atomic mass is 9.54. The zero-order valence-corrected chi connectivity index (χ0v) is 17.1. The van der Waals surface area contributed by atoms with Crippen molar-refractivity contribution in [3.8, 4) is 11.5 Å². The van der Waals surface area contributed by atoms with Gasteiger partial charge in [-0.15, -0.1) is 0 Å². The van der Waals surface area contributed by atoms with Crippen LogP contribution in [0.15, 0.2) is 48.5 Å². The van der Waals surface area contributed by atoms with E-state index in [1.165, 1.54) is 0 Å². The molecule has 150 valence electrons. The minimum Gasteiger partial charge on any atom is -0.457 e. The summed E-state index contributed by atoms with van der Waals surface area (Å²) in [4.78, 5) is 12.9. The fourth-order valence-corrected chi connectivity index (χ4v) is 3.69. The quantitative estimate of drug-likeness (QED) is 0.761. The Morgan fingerprint density at radius 3 is 2.43 bits per heavy atom. The van der Waals surface area contributed by atoms with Crippen molar-refractivity contribution >= 4 is 5.91 Å². The van der Waals surface area contributed by atoms with Gasteiger partial charge in [0.25, 0.3) is 0 Å². The number of ether oxygens (including phenoxy) is 2. The van der Waals surface area contributed by atoms with Crippen molar-refractivity contribution in [2.75, 3.05) is 6.61 Å². The summed E-state index contributed by atoms with van der Waals surface area (Å²) < 4.78 is 11.8. The number of para-hydroxylation sites is 2. The molecule has 5 nitrogen and oxygen atoms in total. The van der Waals surface area contributed by atoms with Crippen LogP contribution in [0.4, 0.5) is 0 Å². The van der Waals surface area contributed by atoms with Crippen molar-refractivity contribution in [1.82, 2.24) is 5.32 Å². The van der Waals surface area contributed by atoms with Crippen LogP contribution in [0.25, 0.3) is 0 Å². The van der Waals surface area contributed by atoms with E-state index in [4.69, 9.17) is 15.2 Å². The van der Waals surface area contributed by atoms with E-state index in [9.17, 15) is 4.79 Å². The van der Waals surface area contributed by atoms with Gasteiger partial charge in [-0.1, -0.05) is 50.2 Å². The predicted molar refractivity (Wildman–Crippen MR) is 110 cm³/mol. The summed E-state index contributed by atoms with van der Waals surface area (Å²) in [5.41, 5.74) is 7.08. The summed E-state index contributed by atoms with van der Waals surface area (Å²) in [6, 6.07) is 15.6. The van der Waals surface area contributed by atoms with Crippen molar-refractivity contribution in [1.29, 1.82) is 0 Å². The predicted octanol–water partition coefficient (Wildman–Crippen LogP) is 3.94. The van der Waals surface area contributed by atoms with E-state index >= 15 is 0 Å². The highest BCUT2D eigenvalue weighted by Gasteiger charge is 2.62. The van der Waals surface area contributed by atoms with Crippen LogP contribution in [-0.2, 0) is 16.1 Å². The molecule has 2 aromatic carbocycles. The lowest BCUT2D eigenvalue weighted by molar-refractivity contribution is -0.170. The maximum absolute atomic E-state index is 12.9. The number of carbonyl (C=O) groups excluding carboxylic acids is 1. The highest BCUT2D eigenvalue weighted by molar-refractivity contribution is 5.88. The van der Waals surface area contributed by atoms with Crippen LogP contribution in [0.5, 0.6) is 11.5 Å². The van der Waals surface area contributed by atoms with Gasteiger partial charge in [0.05, 0.1) is 6.10 Å². The van der Waals surface area contributed by atoms with Gasteiger partial charge in [0.1, 0.15) is 17.0 Å². The molecule has 0 radical (unpaired) electrons. The first kappa shape index (κ1) is 20.4. The summed E-state index contributed by atoms with van der Waals surface area (Å²) >= 11 is 0. The lowest BCUT2D eigenvalue weighted by Gasteiger charge is -2.57. The molecule has 1 aliphatic rings. The number of nitrogens with one attached hydrogen (secondary N) is 1. The highest BCUT2D eigenvalue weighted by atomic mass is 16.5. The summed E-state index contributed by atoms with van der Waals surface area (Å²) in [6.07, 6.45) is 0.533. The number of amides is 1. The number of benzene rings is 2. The van der Waals surface area contributed by atoms with Crippen molar-refractivity contribution in [3.05, 3.63) is 59.7 Å². The summed E-state index contributed by atoms with van der Waals surface area (Å²) in [6.45, 7) is 8.92. The van der Waals surface area contributed by atoms with Gasteiger partial charge in [-0.3, -0.25) is 4.79 Å². The van der Waals surface area contributed by atoms with Gasteiger partial charge in [0.2, 0.25) is 5.91 Å². The molecule has 0 heterocycles. The molecule has 0 spiro atoms. The van der Waals surface area contributed by atoms with Crippen molar-refractivity contribution in [3.63, 3.8) is 0 Å². The molecule has 2 atom stereocenters. The maximum atomic E-state index is 12.9. The molecule has 1 fully saturated rings. The normalized spacial score (nSPS) is 23.0. The summed E-state index contributed by atoms with van der Waals surface area (Å²) in [5.74, 6) is 1.37. The fourth-order valence-electron chi connectivity index (χ4n) is 3.69. The number of aryl methyl sites for hydroxylation is 1. The largest absolute Gasteiger partial charge is 0.457 e. The SMILES string of the molecule is CCOC1CC(N)(C(=O)NCc2ccccc2Oc2ccccc2C)C1(C)C. The monoisotopic (exact) mass is 382 g/mol. The van der Waals surface area contributed by atoms with E-state index in [1.807, 2.05) is 76.2 Å². The van der Waals surface area contributed by atoms with Crippen LogP contribution < -0.4 is 15.8 Å². The smallest absolute Gasteiger partial charge is 0.241 e. The fraction of sp³-hybridized carbons (Fsp3) is 0.435. The average molecular weight is 383 g/mol. The van der Waals surface area contributed by atoms with Crippen molar-refractivity contribution < 1.29 is 14.3 Å². The standard InChI is InChI=1S/C23H30N2O3/c1-5-27-20-14-23(24,22(20,3)4)21(26)25-15-17-11-7-9-13-19(17)28-18-12-8-6-10-16(18)2/h6-13,20H,5,14-15,24H2,1-4H3,(H,25,26). The Balaban J connectivity index is 1.69. The second kappa shape index (κ2) is 7.94. The molecule has 0 aromatic heterocycles. The van der Waals surface area contributed by atoms with E-state index in [0.29, 0.717) is 19.6 Å². The zero-order chi connectivity index (χ0) is 20.4. The minimum absolute atomic E-state index is 0.00456. The molecule has 3 rings (SSSR count). The third-order valence-electron chi connectivity index (χ3n) is 5.96. The molecule has 2 aromatic rings. The molecular formula is C23H30N2O3. The Morgan fingerprint density at radius 2 is 1.79 bits per heavy atom. The highest BCUT2D eigenvalue weighted by Crippen LogP contribution is 2.49. The number of hydrogen-bond acceptors (Lipinski definition) is 4. The Morgan fingerprint density at radius 1 is 1.14 bits per heavy atom. The van der Waals surface area contributed by atoms with E-state index in [1.54, 1.807) is 0 Å². The van der Waals surface area contributed by atoms with Crippen molar-refractivity contribution in [2.45, 2.75) is 52.3 Å². The van der Waals surface area contributed by atoms with Crippen LogP contribution >= 0.6 is 0 Å². The van der Waals surface area contributed by atoms with Crippen LogP contribution in [0.3, 0.4) is 0 Å². The third kappa shape index (κ3) is 3.64. The van der Waals surface area contributed by atoms with E-state index < -0.39 is 11.0 Å². The second-order valence-electron chi connectivity index (χ2n) is 8.00. The van der Waals surface area contributed by atoms with Gasteiger partial charge in [-0.25, -0.2) is 0 Å². The van der Waals surface area contributed by atoms with Gasteiger partial charge in [0, 0.05) is 30.6 Å². The molecular weight excluding hydrogens is 352 g/mol. The van der Waals surface area contributed by atoms with E-state index in [-0.39, 0.29) is 12.0 Å². The first-order chi connectivity index (χ1) is 13.3. The average Bonchev–Trinajstić information content (AvgIpc) is 2.68. The zero-order valence-electron chi connectivity index (χ0n) is 17.1. The number of nitrogens with two attached hydrogens (primary N) is 1. The van der Waals surface area contributed by atoms with Gasteiger partial charge < -0.3 is 20.5 Å². The number of carbonyl (C=O) groups is 1. The third-order valence-corrected chi connectivity index (χ3v) is 5.96. The maximum Gasteiger partial charge on any atom is 0.241 e. The number of hydrogen-bond donors (Lipinski definition) is 2. The Kier molecular flexibility index (Phi) is 5.77. The van der Waals surface area contributed by atoms with Gasteiger partial charge in [-0.05, 0) is 31.5 Å². The molecule has 0 saturated heterocycles. The van der Waals surface area contributed by atoms with Crippen LogP contribution in [-0.4, -0.2) is 24.2 Å². The molecule has 1 saturated carbocycles. The molecule has 1 amide bonds. The molecule has 2 unspecified atom stereocenters. The van der Waals surface area contributed by atoms with E-state index in [2.05, 4.69) is 5.32 Å². The van der Waals surface area contributed by atoms with Crippen LogP contribution in [0.1, 0.15) is 38.3 Å². The van der Waals surface area contributed by atoms with Gasteiger partial charge in [-0.2, -0.15) is 0 Å². The second-order valence-corrected chi connectivity index (χ2v) is 8.00. The first-order valence-corrected chi connectivity index (χ1v) is 9.79. The van der Waals surface area contributed by atoms with Crippen molar-refractivity contribution in [2.24, 2.45) is 11.1 Å². The molecule has 1 aliphatic carbocycles. The molecule has 0 aliphatic heterocycles. The summed E-state index contributed by atoms with van der Waals surface area (Å²) in [7, 11) is 0.